The minimum atomic E-state index is -0.206. The van der Waals surface area contributed by atoms with Crippen molar-refractivity contribution in [1.29, 1.82) is 0 Å². The first-order chi connectivity index (χ1) is 11.0. The van der Waals surface area contributed by atoms with Crippen LogP contribution >= 0.6 is 0 Å². The number of hydrogen-bond donors (Lipinski definition) is 2. The van der Waals surface area contributed by atoms with Crippen molar-refractivity contribution in [3.05, 3.63) is 18.0 Å². The number of amides is 1. The van der Waals surface area contributed by atoms with Gasteiger partial charge in [0, 0.05) is 18.9 Å². The van der Waals surface area contributed by atoms with Crippen molar-refractivity contribution in [2.24, 2.45) is 5.92 Å². The van der Waals surface area contributed by atoms with Gasteiger partial charge in [-0.3, -0.25) is 4.79 Å². The summed E-state index contributed by atoms with van der Waals surface area (Å²) < 4.78 is 6.72. The molecule has 0 saturated carbocycles. The maximum absolute atomic E-state index is 11.9. The van der Waals surface area contributed by atoms with Gasteiger partial charge in [0.05, 0.1) is 19.8 Å². The van der Waals surface area contributed by atoms with E-state index in [-0.39, 0.29) is 24.5 Å². The zero-order valence-electron chi connectivity index (χ0n) is 13.7. The topological polar surface area (TPSA) is 102 Å². The fourth-order valence-electron chi connectivity index (χ4n) is 2.19. The average Bonchev–Trinajstić information content (AvgIpc) is 2.94. The van der Waals surface area contributed by atoms with Crippen molar-refractivity contribution < 1.29 is 14.6 Å². The van der Waals surface area contributed by atoms with Crippen LogP contribution in [0.1, 0.15) is 32.5 Å². The molecule has 2 aromatic rings. The third-order valence-corrected chi connectivity index (χ3v) is 3.66. The van der Waals surface area contributed by atoms with Gasteiger partial charge in [0.1, 0.15) is 0 Å². The maximum atomic E-state index is 11.9. The van der Waals surface area contributed by atoms with E-state index in [4.69, 9.17) is 4.74 Å². The van der Waals surface area contributed by atoms with Gasteiger partial charge in [0.25, 0.3) is 0 Å². The van der Waals surface area contributed by atoms with Crippen LogP contribution in [0.5, 0.6) is 5.88 Å². The van der Waals surface area contributed by atoms with Crippen molar-refractivity contribution in [2.75, 3.05) is 13.7 Å². The number of fused-ring (bicyclic) bond motifs is 1. The molecule has 0 aliphatic rings. The lowest BCUT2D eigenvalue weighted by Crippen LogP contribution is -2.41. The molecule has 0 aromatic carbocycles. The summed E-state index contributed by atoms with van der Waals surface area (Å²) in [5.41, 5.74) is 0.644. The summed E-state index contributed by atoms with van der Waals surface area (Å²) in [4.78, 5) is 11.9. The molecule has 8 nitrogen and oxygen atoms in total. The summed E-state index contributed by atoms with van der Waals surface area (Å²) in [6, 6.07) is 3.30. The molecule has 8 heteroatoms. The number of rotatable bonds is 8. The van der Waals surface area contributed by atoms with Gasteiger partial charge in [-0.1, -0.05) is 13.8 Å². The second-order valence-electron chi connectivity index (χ2n) is 5.72. The molecule has 2 heterocycles. The molecule has 2 N–H and O–H groups in total. The number of aromatic nitrogens is 4. The quantitative estimate of drug-likeness (QED) is 0.738. The van der Waals surface area contributed by atoms with Gasteiger partial charge in [0.2, 0.25) is 11.8 Å². The molecule has 0 bridgehead atoms. The van der Waals surface area contributed by atoms with Crippen LogP contribution in [0, 0.1) is 5.92 Å². The van der Waals surface area contributed by atoms with E-state index in [0.717, 1.165) is 0 Å². The van der Waals surface area contributed by atoms with Gasteiger partial charge in [-0.15, -0.1) is 15.3 Å². The van der Waals surface area contributed by atoms with E-state index in [1.807, 2.05) is 13.8 Å². The monoisotopic (exact) mass is 321 g/mol. The van der Waals surface area contributed by atoms with Crippen LogP contribution in [0.3, 0.4) is 0 Å². The number of aliphatic hydroxyl groups is 1. The minimum absolute atomic E-state index is 0.0536. The van der Waals surface area contributed by atoms with Crippen molar-refractivity contribution in [2.45, 2.75) is 39.2 Å². The molecular weight excluding hydrogens is 298 g/mol. The molecular formula is C15H23N5O3. The van der Waals surface area contributed by atoms with Gasteiger partial charge in [-0.25, -0.2) is 0 Å². The van der Waals surface area contributed by atoms with E-state index >= 15 is 0 Å². The Bertz CT molecular complexity index is 656. The van der Waals surface area contributed by atoms with Gasteiger partial charge in [-0.2, -0.15) is 4.52 Å². The average molecular weight is 321 g/mol. The van der Waals surface area contributed by atoms with Crippen molar-refractivity contribution in [3.63, 3.8) is 0 Å². The Kier molecular flexibility index (Phi) is 5.86. The third-order valence-electron chi connectivity index (χ3n) is 3.66. The van der Waals surface area contributed by atoms with Crippen molar-refractivity contribution in [1.82, 2.24) is 25.1 Å². The second kappa shape index (κ2) is 7.87. The molecule has 126 valence electrons. The standard InChI is InChI=1S/C15H23N5O3/c1-10(2)11(9-21)16-14(22)6-4-5-12-17-18-13-7-8-15(23-3)19-20(12)13/h7-8,10-11,21H,4-6,9H2,1-3H3,(H,16,22). The third kappa shape index (κ3) is 4.38. The lowest BCUT2D eigenvalue weighted by atomic mass is 10.1. The van der Waals surface area contributed by atoms with Crippen LogP contribution in [-0.4, -0.2) is 50.6 Å². The molecule has 1 atom stereocenters. The maximum Gasteiger partial charge on any atom is 0.231 e. The fourth-order valence-corrected chi connectivity index (χ4v) is 2.19. The van der Waals surface area contributed by atoms with Crippen molar-refractivity contribution >= 4 is 11.6 Å². The van der Waals surface area contributed by atoms with Gasteiger partial charge in [0.15, 0.2) is 11.5 Å². The Morgan fingerprint density at radius 2 is 2.17 bits per heavy atom. The number of carbonyl (C=O) groups excluding carboxylic acids is 1. The lowest BCUT2D eigenvalue weighted by molar-refractivity contribution is -0.122. The first kappa shape index (κ1) is 17.1. The van der Waals surface area contributed by atoms with E-state index in [0.29, 0.717) is 36.6 Å². The summed E-state index contributed by atoms with van der Waals surface area (Å²) in [6.07, 6.45) is 1.57. The summed E-state index contributed by atoms with van der Waals surface area (Å²) in [5, 5.41) is 24.5. The molecule has 2 aromatic heterocycles. The molecule has 23 heavy (non-hydrogen) atoms. The van der Waals surface area contributed by atoms with Gasteiger partial charge in [-0.05, 0) is 18.4 Å². The molecule has 1 unspecified atom stereocenters. The summed E-state index contributed by atoms with van der Waals surface area (Å²) in [5.74, 6) is 1.30. The summed E-state index contributed by atoms with van der Waals surface area (Å²) >= 11 is 0. The Hall–Kier alpha value is -2.22. The Balaban J connectivity index is 1.90. The van der Waals surface area contributed by atoms with Gasteiger partial charge < -0.3 is 15.2 Å². The normalized spacial score (nSPS) is 12.6. The smallest absolute Gasteiger partial charge is 0.231 e. The molecule has 0 aliphatic carbocycles. The fraction of sp³-hybridized carbons (Fsp3) is 0.600. The van der Waals surface area contributed by atoms with E-state index in [2.05, 4.69) is 20.6 Å². The molecule has 0 spiro atoms. The zero-order chi connectivity index (χ0) is 16.8. The largest absolute Gasteiger partial charge is 0.480 e. The highest BCUT2D eigenvalue weighted by Crippen LogP contribution is 2.10. The highest BCUT2D eigenvalue weighted by atomic mass is 16.5. The molecule has 0 aliphatic heterocycles. The van der Waals surface area contributed by atoms with Crippen LogP contribution in [0.2, 0.25) is 0 Å². The van der Waals surface area contributed by atoms with Crippen molar-refractivity contribution in [3.8, 4) is 5.88 Å². The molecule has 0 saturated heterocycles. The Morgan fingerprint density at radius 1 is 1.39 bits per heavy atom. The number of hydrogen-bond acceptors (Lipinski definition) is 6. The molecule has 0 radical (unpaired) electrons. The van der Waals surface area contributed by atoms with E-state index in [1.54, 1.807) is 23.8 Å². The number of ether oxygens (including phenoxy) is 1. The molecule has 2 rings (SSSR count). The first-order valence-corrected chi connectivity index (χ1v) is 7.70. The highest BCUT2D eigenvalue weighted by molar-refractivity contribution is 5.76. The lowest BCUT2D eigenvalue weighted by Gasteiger charge is -2.19. The minimum Gasteiger partial charge on any atom is -0.480 e. The van der Waals surface area contributed by atoms with E-state index in [9.17, 15) is 9.90 Å². The summed E-state index contributed by atoms with van der Waals surface area (Å²) in [7, 11) is 1.55. The van der Waals surface area contributed by atoms with E-state index < -0.39 is 0 Å². The predicted octanol–water partition coefficient (Wildman–Crippen LogP) is 0.589. The number of nitrogens with zero attached hydrogens (tertiary/aromatic N) is 4. The summed E-state index contributed by atoms with van der Waals surface area (Å²) in [6.45, 7) is 3.87. The number of nitrogens with one attached hydrogen (secondary N) is 1. The number of aryl methyl sites for hydroxylation is 1. The van der Waals surface area contributed by atoms with E-state index in [1.165, 1.54) is 0 Å². The second-order valence-corrected chi connectivity index (χ2v) is 5.72. The Morgan fingerprint density at radius 3 is 2.83 bits per heavy atom. The zero-order valence-corrected chi connectivity index (χ0v) is 13.7. The first-order valence-electron chi connectivity index (χ1n) is 7.70. The Labute approximate surface area is 134 Å². The van der Waals surface area contributed by atoms with Gasteiger partial charge >= 0.3 is 0 Å². The predicted molar refractivity (Wildman–Crippen MR) is 84.1 cm³/mol. The molecule has 1 amide bonds. The highest BCUT2D eigenvalue weighted by Gasteiger charge is 2.15. The number of aliphatic hydroxyl groups excluding tert-OH is 1. The van der Waals surface area contributed by atoms with Crippen LogP contribution in [-0.2, 0) is 11.2 Å². The number of carbonyl (C=O) groups is 1. The van der Waals surface area contributed by atoms with Crippen LogP contribution in [0.15, 0.2) is 12.1 Å². The van der Waals surface area contributed by atoms with Crippen LogP contribution < -0.4 is 10.1 Å². The SMILES string of the molecule is COc1ccc2nnc(CCCC(=O)NC(CO)C(C)C)n2n1. The van der Waals surface area contributed by atoms with Crippen LogP contribution in [0.25, 0.3) is 5.65 Å². The van der Waals surface area contributed by atoms with Crippen LogP contribution in [0.4, 0.5) is 0 Å². The molecule has 0 fully saturated rings. The number of methoxy groups -OCH3 is 1.